The summed E-state index contributed by atoms with van der Waals surface area (Å²) in [5.41, 5.74) is 5.21. The number of hydrogen-bond donors (Lipinski definition) is 2. The molecule has 0 unspecified atom stereocenters. The van der Waals surface area contributed by atoms with Crippen molar-refractivity contribution in [3.63, 3.8) is 0 Å². The first kappa shape index (κ1) is 9.95. The van der Waals surface area contributed by atoms with E-state index in [4.69, 9.17) is 17.3 Å². The van der Waals surface area contributed by atoms with Crippen LogP contribution in [0.25, 0.3) is 0 Å². The van der Waals surface area contributed by atoms with Gasteiger partial charge in [-0.2, -0.15) is 0 Å². The first-order valence-electron chi connectivity index (χ1n) is 3.13. The molecule has 62 valence electrons. The van der Waals surface area contributed by atoms with E-state index < -0.39 is 18.1 Å². The molecule has 0 heterocycles. The van der Waals surface area contributed by atoms with Gasteiger partial charge in [-0.3, -0.25) is 4.79 Å². The van der Waals surface area contributed by atoms with Gasteiger partial charge in [-0.15, -0.1) is 6.42 Å². The second-order valence-electron chi connectivity index (χ2n) is 2.08. The van der Waals surface area contributed by atoms with Crippen molar-refractivity contribution in [3.8, 4) is 12.3 Å². The Morgan fingerprint density at radius 1 is 1.91 bits per heavy atom. The third-order valence-corrected chi connectivity index (χ3v) is 1.09. The van der Waals surface area contributed by atoms with Crippen LogP contribution in [0.4, 0.5) is 0 Å². The van der Waals surface area contributed by atoms with Crippen molar-refractivity contribution < 1.29 is 14.6 Å². The van der Waals surface area contributed by atoms with Gasteiger partial charge < -0.3 is 15.6 Å². The third kappa shape index (κ3) is 3.61. The van der Waals surface area contributed by atoms with E-state index in [1.54, 1.807) is 0 Å². The number of esters is 1. The quantitative estimate of drug-likeness (QED) is 0.401. The Morgan fingerprint density at radius 3 is 2.82 bits per heavy atom. The van der Waals surface area contributed by atoms with Crippen LogP contribution in [0, 0.1) is 12.3 Å². The molecule has 0 bridgehead atoms. The maximum absolute atomic E-state index is 10.7. The minimum Gasteiger partial charge on any atom is -0.451 e. The van der Waals surface area contributed by atoms with Gasteiger partial charge in [-0.05, 0) is 6.92 Å². The lowest BCUT2D eigenvalue weighted by molar-refractivity contribution is -0.146. The Hall–Kier alpha value is -1.05. The number of aliphatic hydroxyl groups excluding tert-OH is 1. The fourth-order valence-corrected chi connectivity index (χ4v) is 0.406. The summed E-state index contributed by atoms with van der Waals surface area (Å²) in [5.74, 6) is 1.43. The van der Waals surface area contributed by atoms with Crippen LogP contribution >= 0.6 is 0 Å². The summed E-state index contributed by atoms with van der Waals surface area (Å²) < 4.78 is 4.45. The van der Waals surface area contributed by atoms with Crippen molar-refractivity contribution in [1.82, 2.24) is 0 Å². The highest BCUT2D eigenvalue weighted by atomic mass is 16.5. The van der Waals surface area contributed by atoms with Crippen LogP contribution in [0.1, 0.15) is 6.92 Å². The molecule has 0 aliphatic rings. The Labute approximate surface area is 65.3 Å². The van der Waals surface area contributed by atoms with Crippen LogP contribution in [-0.2, 0) is 9.53 Å². The van der Waals surface area contributed by atoms with Gasteiger partial charge in [0, 0.05) is 0 Å². The Balaban J connectivity index is 3.76. The van der Waals surface area contributed by atoms with Crippen LogP contribution in [0.2, 0.25) is 0 Å². The molecular formula is C7H11NO3. The summed E-state index contributed by atoms with van der Waals surface area (Å²) in [7, 11) is 0. The lowest BCUT2D eigenvalue weighted by Gasteiger charge is -2.11. The number of terminal acetylenes is 1. The second kappa shape index (κ2) is 4.72. The zero-order valence-electron chi connectivity index (χ0n) is 6.28. The SMILES string of the molecule is C#CCOC(=O)[C@@H](N)[C@H](C)O. The molecule has 0 aromatic heterocycles. The molecule has 4 heteroatoms. The highest BCUT2D eigenvalue weighted by molar-refractivity contribution is 5.76. The van der Waals surface area contributed by atoms with Gasteiger partial charge in [0.1, 0.15) is 6.04 Å². The van der Waals surface area contributed by atoms with Crippen molar-refractivity contribution in [3.05, 3.63) is 0 Å². The average Bonchev–Trinajstić information content (AvgIpc) is 1.98. The molecule has 0 aromatic rings. The number of aliphatic hydroxyl groups is 1. The van der Waals surface area contributed by atoms with E-state index in [1.807, 2.05) is 0 Å². The van der Waals surface area contributed by atoms with Gasteiger partial charge in [-0.1, -0.05) is 5.92 Å². The van der Waals surface area contributed by atoms with Crippen LogP contribution in [-0.4, -0.2) is 29.8 Å². The zero-order valence-corrected chi connectivity index (χ0v) is 6.28. The van der Waals surface area contributed by atoms with E-state index in [1.165, 1.54) is 6.92 Å². The maximum atomic E-state index is 10.7. The zero-order chi connectivity index (χ0) is 8.85. The number of hydrogen-bond acceptors (Lipinski definition) is 4. The molecule has 2 atom stereocenters. The molecule has 0 fully saturated rings. The first-order valence-corrected chi connectivity index (χ1v) is 3.13. The summed E-state index contributed by atoms with van der Waals surface area (Å²) in [5, 5.41) is 8.81. The van der Waals surface area contributed by atoms with Crippen molar-refractivity contribution in [2.75, 3.05) is 6.61 Å². The van der Waals surface area contributed by atoms with E-state index in [0.717, 1.165) is 0 Å². The topological polar surface area (TPSA) is 72.5 Å². The van der Waals surface area contributed by atoms with E-state index in [0.29, 0.717) is 0 Å². The molecule has 0 radical (unpaired) electrons. The van der Waals surface area contributed by atoms with Crippen molar-refractivity contribution in [2.24, 2.45) is 5.73 Å². The van der Waals surface area contributed by atoms with Gasteiger partial charge in [0.15, 0.2) is 6.61 Å². The molecule has 0 aromatic carbocycles. The number of ether oxygens (including phenoxy) is 1. The summed E-state index contributed by atoms with van der Waals surface area (Å²) >= 11 is 0. The fraction of sp³-hybridized carbons (Fsp3) is 0.571. The smallest absolute Gasteiger partial charge is 0.326 e. The molecule has 0 saturated carbocycles. The van der Waals surface area contributed by atoms with Gasteiger partial charge in [-0.25, -0.2) is 0 Å². The molecule has 0 aliphatic carbocycles. The van der Waals surface area contributed by atoms with E-state index in [9.17, 15) is 4.79 Å². The Kier molecular flexibility index (Phi) is 4.27. The molecule has 3 N–H and O–H groups in total. The summed E-state index contributed by atoms with van der Waals surface area (Å²) in [6.45, 7) is 1.29. The monoisotopic (exact) mass is 157 g/mol. The minimum absolute atomic E-state index is 0.112. The molecule has 11 heavy (non-hydrogen) atoms. The standard InChI is InChI=1S/C7H11NO3/c1-3-4-11-7(10)6(8)5(2)9/h1,5-6,9H,4,8H2,2H3/t5-,6-/m0/s1. The molecule has 0 spiro atoms. The van der Waals surface area contributed by atoms with E-state index in [-0.39, 0.29) is 6.61 Å². The maximum Gasteiger partial charge on any atom is 0.326 e. The molecule has 0 aliphatic heterocycles. The Bertz CT molecular complexity index is 171. The van der Waals surface area contributed by atoms with Gasteiger partial charge in [0.2, 0.25) is 0 Å². The van der Waals surface area contributed by atoms with Crippen LogP contribution in [0.5, 0.6) is 0 Å². The van der Waals surface area contributed by atoms with Crippen LogP contribution < -0.4 is 5.73 Å². The molecule has 0 rings (SSSR count). The van der Waals surface area contributed by atoms with Gasteiger partial charge in [0.25, 0.3) is 0 Å². The second-order valence-corrected chi connectivity index (χ2v) is 2.08. The number of nitrogens with two attached hydrogens (primary N) is 1. The lowest BCUT2D eigenvalue weighted by Crippen LogP contribution is -2.41. The first-order chi connectivity index (χ1) is 5.09. The van der Waals surface area contributed by atoms with Crippen LogP contribution in [0.15, 0.2) is 0 Å². The fourth-order valence-electron chi connectivity index (χ4n) is 0.406. The van der Waals surface area contributed by atoms with Crippen molar-refractivity contribution in [1.29, 1.82) is 0 Å². The van der Waals surface area contributed by atoms with E-state index >= 15 is 0 Å². The minimum atomic E-state index is -1.01. The number of carbonyl (C=O) groups excluding carboxylic acids is 1. The van der Waals surface area contributed by atoms with Gasteiger partial charge >= 0.3 is 5.97 Å². The summed E-state index contributed by atoms with van der Waals surface area (Å²) in [6, 6.07) is -1.01. The lowest BCUT2D eigenvalue weighted by atomic mass is 10.2. The summed E-state index contributed by atoms with van der Waals surface area (Å²) in [6.07, 6.45) is 3.91. The van der Waals surface area contributed by atoms with E-state index in [2.05, 4.69) is 10.7 Å². The van der Waals surface area contributed by atoms with Crippen molar-refractivity contribution >= 4 is 5.97 Å². The highest BCUT2D eigenvalue weighted by Gasteiger charge is 2.19. The Morgan fingerprint density at radius 2 is 2.45 bits per heavy atom. The van der Waals surface area contributed by atoms with Crippen LogP contribution in [0.3, 0.4) is 0 Å². The number of rotatable bonds is 3. The summed E-state index contributed by atoms with van der Waals surface area (Å²) in [4.78, 5) is 10.7. The predicted molar refractivity (Wildman–Crippen MR) is 39.4 cm³/mol. The largest absolute Gasteiger partial charge is 0.451 e. The third-order valence-electron chi connectivity index (χ3n) is 1.09. The molecule has 4 nitrogen and oxygen atoms in total. The molecule has 0 amide bonds. The average molecular weight is 157 g/mol. The predicted octanol–water partition coefficient (Wildman–Crippen LogP) is -1.13. The number of carbonyl (C=O) groups is 1. The van der Waals surface area contributed by atoms with Crippen molar-refractivity contribution in [2.45, 2.75) is 19.1 Å². The molecule has 0 saturated heterocycles. The highest BCUT2D eigenvalue weighted by Crippen LogP contribution is 1.91. The molecular weight excluding hydrogens is 146 g/mol. The van der Waals surface area contributed by atoms with Gasteiger partial charge in [0.05, 0.1) is 6.10 Å². The normalized spacial score (nSPS) is 14.7.